The van der Waals surface area contributed by atoms with Gasteiger partial charge >= 0.3 is 0 Å². The highest BCUT2D eigenvalue weighted by Crippen LogP contribution is 2.24. The molecule has 0 saturated carbocycles. The van der Waals surface area contributed by atoms with Crippen molar-refractivity contribution >= 4 is 5.91 Å². The largest absolute Gasteiger partial charge is 0.497 e. The molecule has 0 atom stereocenters. The second kappa shape index (κ2) is 6.43. The van der Waals surface area contributed by atoms with E-state index >= 15 is 0 Å². The lowest BCUT2D eigenvalue weighted by Gasteiger charge is -2.07. The van der Waals surface area contributed by atoms with E-state index in [1.54, 1.807) is 19.2 Å². The molecule has 0 radical (unpaired) electrons. The molecule has 0 saturated heterocycles. The van der Waals surface area contributed by atoms with E-state index in [4.69, 9.17) is 9.57 Å². The Hall–Kier alpha value is -2.75. The van der Waals surface area contributed by atoms with Gasteiger partial charge in [-0.25, -0.2) is 0 Å². The first-order valence-electron chi connectivity index (χ1n) is 6.06. The Balaban J connectivity index is 2.06. The van der Waals surface area contributed by atoms with Gasteiger partial charge in [0, 0.05) is 0 Å². The van der Waals surface area contributed by atoms with Gasteiger partial charge in [-0.1, -0.05) is 30.8 Å². The Morgan fingerprint density at radius 2 is 1.50 bits per heavy atom. The lowest BCUT2D eigenvalue weighted by molar-refractivity contribution is -0.122. The van der Waals surface area contributed by atoms with Gasteiger partial charge in [0.25, 0.3) is 5.91 Å². The van der Waals surface area contributed by atoms with Crippen molar-refractivity contribution in [1.82, 2.24) is 5.48 Å². The van der Waals surface area contributed by atoms with Crippen LogP contribution in [0, 0.1) is 0 Å². The van der Waals surface area contributed by atoms with Crippen molar-refractivity contribution in [3.05, 3.63) is 61.2 Å². The fraction of sp³-hybridized carbons (Fsp3) is 0.0625. The number of ether oxygens (including phenoxy) is 1. The van der Waals surface area contributed by atoms with Crippen molar-refractivity contribution in [2.75, 3.05) is 7.11 Å². The Morgan fingerprint density at radius 3 is 1.95 bits per heavy atom. The summed E-state index contributed by atoms with van der Waals surface area (Å²) in [5.41, 5.74) is 4.38. The molecule has 0 aromatic heterocycles. The number of carbonyl (C=O) groups excluding carboxylic acids is 1. The highest BCUT2D eigenvalue weighted by Gasteiger charge is 2.00. The lowest BCUT2D eigenvalue weighted by Crippen LogP contribution is -2.24. The predicted octanol–water partition coefficient (Wildman–Crippen LogP) is 2.96. The summed E-state index contributed by atoms with van der Waals surface area (Å²) in [4.78, 5) is 16.1. The average molecular weight is 269 g/mol. The van der Waals surface area contributed by atoms with Crippen LogP contribution in [0.2, 0.25) is 0 Å². The fourth-order valence-electron chi connectivity index (χ4n) is 1.65. The molecule has 4 heteroatoms. The van der Waals surface area contributed by atoms with E-state index in [1.807, 2.05) is 36.4 Å². The zero-order valence-electron chi connectivity index (χ0n) is 11.1. The molecular formula is C16H15NO3. The fourth-order valence-corrected chi connectivity index (χ4v) is 1.65. The highest BCUT2D eigenvalue weighted by molar-refractivity contribution is 5.86. The number of carbonyl (C=O) groups is 1. The van der Waals surface area contributed by atoms with Crippen LogP contribution in [0.15, 0.2) is 61.2 Å². The first kappa shape index (κ1) is 13.7. The molecule has 0 bridgehead atoms. The third-order valence-electron chi connectivity index (χ3n) is 2.73. The smallest absolute Gasteiger partial charge is 0.276 e. The zero-order chi connectivity index (χ0) is 14.4. The van der Waals surface area contributed by atoms with Crippen molar-refractivity contribution in [3.8, 4) is 22.6 Å². The minimum Gasteiger partial charge on any atom is -0.497 e. The summed E-state index contributed by atoms with van der Waals surface area (Å²) < 4.78 is 5.12. The molecule has 4 nitrogen and oxygen atoms in total. The van der Waals surface area contributed by atoms with Crippen molar-refractivity contribution < 1.29 is 14.4 Å². The quantitative estimate of drug-likeness (QED) is 0.670. The van der Waals surface area contributed by atoms with Crippen LogP contribution < -0.4 is 15.1 Å². The number of rotatable bonds is 5. The number of benzene rings is 2. The summed E-state index contributed by atoms with van der Waals surface area (Å²) in [6, 6.07) is 15.2. The first-order valence-corrected chi connectivity index (χ1v) is 6.06. The molecule has 0 aliphatic heterocycles. The van der Waals surface area contributed by atoms with Crippen LogP contribution in [0.3, 0.4) is 0 Å². The van der Waals surface area contributed by atoms with E-state index in [9.17, 15) is 4.79 Å². The van der Waals surface area contributed by atoms with Crippen LogP contribution in [0.25, 0.3) is 11.1 Å². The van der Waals surface area contributed by atoms with Gasteiger partial charge in [0.15, 0.2) is 5.75 Å². The van der Waals surface area contributed by atoms with Crippen LogP contribution >= 0.6 is 0 Å². The molecule has 0 fully saturated rings. The van der Waals surface area contributed by atoms with E-state index in [-0.39, 0.29) is 5.91 Å². The number of nitrogens with one attached hydrogen (secondary N) is 1. The number of methoxy groups -OCH3 is 1. The summed E-state index contributed by atoms with van der Waals surface area (Å²) in [6.07, 6.45) is 1.14. The highest BCUT2D eigenvalue weighted by atomic mass is 16.7. The van der Waals surface area contributed by atoms with E-state index in [1.165, 1.54) is 0 Å². The third kappa shape index (κ3) is 3.38. The van der Waals surface area contributed by atoms with Crippen molar-refractivity contribution in [1.29, 1.82) is 0 Å². The van der Waals surface area contributed by atoms with Gasteiger partial charge in [0.2, 0.25) is 0 Å². The molecule has 20 heavy (non-hydrogen) atoms. The van der Waals surface area contributed by atoms with Gasteiger partial charge in [-0.3, -0.25) is 4.79 Å². The molecule has 2 aromatic carbocycles. The van der Waals surface area contributed by atoms with E-state index in [2.05, 4.69) is 12.1 Å². The van der Waals surface area contributed by atoms with Gasteiger partial charge < -0.3 is 9.57 Å². The summed E-state index contributed by atoms with van der Waals surface area (Å²) >= 11 is 0. The summed E-state index contributed by atoms with van der Waals surface area (Å²) in [7, 11) is 1.64. The van der Waals surface area contributed by atoms with E-state index < -0.39 is 0 Å². The molecule has 0 heterocycles. The van der Waals surface area contributed by atoms with Crippen molar-refractivity contribution in [2.45, 2.75) is 0 Å². The molecule has 2 aromatic rings. The van der Waals surface area contributed by atoms with Gasteiger partial charge in [0.1, 0.15) is 5.75 Å². The summed E-state index contributed by atoms with van der Waals surface area (Å²) in [5.74, 6) is 0.988. The van der Waals surface area contributed by atoms with Gasteiger partial charge in [0.05, 0.1) is 7.11 Å². The van der Waals surface area contributed by atoms with E-state index in [0.717, 1.165) is 23.0 Å². The van der Waals surface area contributed by atoms with Gasteiger partial charge in [-0.05, 0) is 41.5 Å². The Labute approximate surface area is 117 Å². The maximum absolute atomic E-state index is 11.0. The molecule has 0 aliphatic rings. The predicted molar refractivity (Wildman–Crippen MR) is 77.4 cm³/mol. The maximum Gasteiger partial charge on any atom is 0.276 e. The number of amides is 1. The van der Waals surface area contributed by atoms with Crippen LogP contribution in [-0.2, 0) is 4.79 Å². The molecule has 2 rings (SSSR count). The standard InChI is InChI=1S/C16H15NO3/c1-3-16(18)17-20-15-10-6-13(7-11-15)12-4-8-14(19-2)9-5-12/h3-11H,1H2,2H3,(H,17,18). The van der Waals surface area contributed by atoms with Crippen LogP contribution in [-0.4, -0.2) is 13.0 Å². The molecule has 1 N–H and O–H groups in total. The van der Waals surface area contributed by atoms with Gasteiger partial charge in [-0.15, -0.1) is 0 Å². The van der Waals surface area contributed by atoms with Crippen LogP contribution in [0.5, 0.6) is 11.5 Å². The minimum atomic E-state index is -0.385. The maximum atomic E-state index is 11.0. The van der Waals surface area contributed by atoms with Crippen LogP contribution in [0.4, 0.5) is 0 Å². The molecule has 0 unspecified atom stereocenters. The number of hydroxylamine groups is 1. The summed E-state index contributed by atoms with van der Waals surface area (Å²) in [5, 5.41) is 0. The number of hydrogen-bond donors (Lipinski definition) is 1. The van der Waals surface area contributed by atoms with Crippen LogP contribution in [0.1, 0.15) is 0 Å². The molecule has 1 amide bonds. The number of hydrogen-bond acceptors (Lipinski definition) is 3. The lowest BCUT2D eigenvalue weighted by atomic mass is 10.1. The normalized spacial score (nSPS) is 9.65. The Morgan fingerprint density at radius 1 is 1.00 bits per heavy atom. The minimum absolute atomic E-state index is 0.385. The molecular weight excluding hydrogens is 254 g/mol. The first-order chi connectivity index (χ1) is 9.72. The SMILES string of the molecule is C=CC(=O)NOc1ccc(-c2ccc(OC)cc2)cc1. The third-order valence-corrected chi connectivity index (χ3v) is 2.73. The monoisotopic (exact) mass is 269 g/mol. The van der Waals surface area contributed by atoms with Gasteiger partial charge in [-0.2, -0.15) is 5.48 Å². The Kier molecular flexibility index (Phi) is 4.39. The van der Waals surface area contributed by atoms with Crippen molar-refractivity contribution in [2.24, 2.45) is 0 Å². The molecule has 102 valence electrons. The van der Waals surface area contributed by atoms with Crippen molar-refractivity contribution in [3.63, 3.8) is 0 Å². The summed E-state index contributed by atoms with van der Waals surface area (Å²) in [6.45, 7) is 3.34. The second-order valence-corrected chi connectivity index (χ2v) is 4.03. The second-order valence-electron chi connectivity index (χ2n) is 4.03. The topological polar surface area (TPSA) is 47.6 Å². The average Bonchev–Trinajstić information content (AvgIpc) is 2.53. The molecule has 0 spiro atoms. The molecule has 0 aliphatic carbocycles. The zero-order valence-corrected chi connectivity index (χ0v) is 11.1. The van der Waals surface area contributed by atoms with E-state index in [0.29, 0.717) is 5.75 Å². The Bertz CT molecular complexity index is 588.